The second-order valence-electron chi connectivity index (χ2n) is 8.46. The maximum Gasteiger partial charge on any atom is 0.154 e. The van der Waals surface area contributed by atoms with Crippen LogP contribution in [0.2, 0.25) is 0 Å². The topological polar surface area (TPSA) is 84.4 Å². The van der Waals surface area contributed by atoms with Crippen LogP contribution in [0.3, 0.4) is 0 Å². The maximum atomic E-state index is 13.3. The molecule has 2 bridgehead atoms. The van der Waals surface area contributed by atoms with Gasteiger partial charge in [0.15, 0.2) is 5.65 Å². The number of piperazine rings is 1. The summed E-state index contributed by atoms with van der Waals surface area (Å²) in [5.41, 5.74) is 11.0. The van der Waals surface area contributed by atoms with E-state index in [2.05, 4.69) is 23.2 Å². The van der Waals surface area contributed by atoms with Gasteiger partial charge in [-0.15, -0.1) is 16.4 Å². The van der Waals surface area contributed by atoms with Crippen molar-refractivity contribution in [2.45, 2.75) is 37.9 Å². The van der Waals surface area contributed by atoms with E-state index in [1.807, 2.05) is 16.0 Å². The predicted octanol–water partition coefficient (Wildman–Crippen LogP) is 3.15. The molecule has 7 nitrogen and oxygen atoms in total. The van der Waals surface area contributed by atoms with Gasteiger partial charge < -0.3 is 16.0 Å². The van der Waals surface area contributed by atoms with Crippen molar-refractivity contribution in [3.63, 3.8) is 0 Å². The highest BCUT2D eigenvalue weighted by Crippen LogP contribution is 2.32. The summed E-state index contributed by atoms with van der Waals surface area (Å²) in [5, 5.41) is 11.3. The molecule has 164 valence electrons. The van der Waals surface area contributed by atoms with Crippen LogP contribution in [0.1, 0.15) is 35.8 Å². The summed E-state index contributed by atoms with van der Waals surface area (Å²) in [6.45, 7) is 4.06. The molecule has 3 N–H and O–H groups in total. The Balaban J connectivity index is 1.38. The Morgan fingerprint density at radius 3 is 2.78 bits per heavy atom. The Labute approximate surface area is 189 Å². The predicted molar refractivity (Wildman–Crippen MR) is 123 cm³/mol. The van der Waals surface area contributed by atoms with Crippen molar-refractivity contribution in [3.8, 4) is 11.3 Å². The molecule has 3 atom stereocenters. The second kappa shape index (κ2) is 7.61. The molecule has 6 rings (SSSR count). The number of hydrogen-bond donors (Lipinski definition) is 2. The fourth-order valence-electron chi connectivity index (χ4n) is 4.85. The third kappa shape index (κ3) is 3.19. The number of nitrogens with zero attached hydrogens (tertiary/aromatic N) is 5. The Morgan fingerprint density at radius 1 is 1.22 bits per heavy atom. The van der Waals surface area contributed by atoms with Gasteiger partial charge in [0.1, 0.15) is 22.7 Å². The van der Waals surface area contributed by atoms with E-state index in [1.165, 1.54) is 29.9 Å². The van der Waals surface area contributed by atoms with Crippen LogP contribution in [-0.4, -0.2) is 44.8 Å². The third-order valence-electron chi connectivity index (χ3n) is 6.48. The summed E-state index contributed by atoms with van der Waals surface area (Å²) in [5.74, 6) is 0.703. The highest BCUT2D eigenvalue weighted by molar-refractivity contribution is 7.10. The van der Waals surface area contributed by atoms with Gasteiger partial charge in [-0.1, -0.05) is 6.92 Å². The molecule has 2 saturated heterocycles. The number of aromatic nitrogens is 4. The lowest BCUT2D eigenvalue weighted by Gasteiger charge is -2.28. The van der Waals surface area contributed by atoms with Crippen molar-refractivity contribution in [2.75, 3.05) is 18.0 Å². The van der Waals surface area contributed by atoms with Crippen LogP contribution < -0.4 is 16.0 Å². The van der Waals surface area contributed by atoms with E-state index in [-0.39, 0.29) is 5.82 Å². The van der Waals surface area contributed by atoms with Crippen LogP contribution >= 0.6 is 11.3 Å². The quantitative estimate of drug-likeness (QED) is 0.487. The monoisotopic (exact) mass is 449 g/mol. The van der Waals surface area contributed by atoms with E-state index in [9.17, 15) is 4.39 Å². The van der Waals surface area contributed by atoms with Crippen LogP contribution in [-0.2, 0) is 6.42 Å². The molecule has 9 heteroatoms. The molecule has 0 aliphatic carbocycles. The molecule has 5 heterocycles. The van der Waals surface area contributed by atoms with E-state index < -0.39 is 6.04 Å². The number of hydrogen-bond acceptors (Lipinski definition) is 7. The standard InChI is InChI=1S/C23H24FN7S/c1-2-17-22(21(25)23-28-18(12-32-23)13-3-5-14(24)6-4-13)31-19(27-17)7-8-20(29-31)30-11-15-9-16(30)10-26-15/h3-8,12,15-16,21,26H,2,9-11,25H2,1H3/t15-,16?,21+/m0/s1. The molecule has 1 unspecified atom stereocenters. The highest BCUT2D eigenvalue weighted by Gasteiger charge is 2.38. The number of nitrogens with two attached hydrogens (primary N) is 1. The van der Waals surface area contributed by atoms with Gasteiger partial charge in [-0.25, -0.2) is 18.9 Å². The summed E-state index contributed by atoms with van der Waals surface area (Å²) in [6, 6.07) is 11.0. The molecule has 2 fully saturated rings. The Morgan fingerprint density at radius 2 is 2.06 bits per heavy atom. The minimum atomic E-state index is -0.446. The van der Waals surface area contributed by atoms with Crippen LogP contribution in [0, 0.1) is 5.82 Å². The van der Waals surface area contributed by atoms with Gasteiger partial charge >= 0.3 is 0 Å². The smallest absolute Gasteiger partial charge is 0.154 e. The summed E-state index contributed by atoms with van der Waals surface area (Å²) in [7, 11) is 0. The number of benzene rings is 1. The van der Waals surface area contributed by atoms with E-state index >= 15 is 0 Å². The summed E-state index contributed by atoms with van der Waals surface area (Å²) >= 11 is 1.50. The highest BCUT2D eigenvalue weighted by atomic mass is 32.1. The minimum absolute atomic E-state index is 0.261. The second-order valence-corrected chi connectivity index (χ2v) is 9.35. The number of fused-ring (bicyclic) bond motifs is 3. The zero-order chi connectivity index (χ0) is 21.8. The molecule has 0 saturated carbocycles. The molecule has 0 spiro atoms. The van der Waals surface area contributed by atoms with Gasteiger partial charge in [0, 0.05) is 36.1 Å². The van der Waals surface area contributed by atoms with Gasteiger partial charge in [0.05, 0.1) is 17.1 Å². The molecular formula is C23H24FN7S. The lowest BCUT2D eigenvalue weighted by Crippen LogP contribution is -2.44. The number of thiazole rings is 1. The summed E-state index contributed by atoms with van der Waals surface area (Å²) in [4.78, 5) is 11.9. The van der Waals surface area contributed by atoms with Crippen molar-refractivity contribution in [1.82, 2.24) is 24.9 Å². The molecule has 32 heavy (non-hydrogen) atoms. The number of anilines is 1. The Kier molecular flexibility index (Phi) is 4.71. The third-order valence-corrected chi connectivity index (χ3v) is 7.41. The van der Waals surface area contributed by atoms with Gasteiger partial charge in [0.25, 0.3) is 0 Å². The van der Waals surface area contributed by atoms with Crippen molar-refractivity contribution in [3.05, 3.63) is 64.0 Å². The first kappa shape index (κ1) is 19.8. The molecule has 4 aromatic rings. The van der Waals surface area contributed by atoms with E-state index in [0.29, 0.717) is 12.1 Å². The number of rotatable bonds is 5. The van der Waals surface area contributed by atoms with Crippen LogP contribution in [0.4, 0.5) is 10.2 Å². The fourth-order valence-corrected chi connectivity index (χ4v) is 5.68. The largest absolute Gasteiger partial charge is 0.349 e. The van der Waals surface area contributed by atoms with Crippen molar-refractivity contribution in [2.24, 2.45) is 5.73 Å². The maximum absolute atomic E-state index is 13.3. The summed E-state index contributed by atoms with van der Waals surface area (Å²) < 4.78 is 15.2. The average molecular weight is 450 g/mol. The van der Waals surface area contributed by atoms with Crippen LogP contribution in [0.5, 0.6) is 0 Å². The summed E-state index contributed by atoms with van der Waals surface area (Å²) in [6.07, 6.45) is 1.93. The molecular weight excluding hydrogens is 425 g/mol. The first-order valence-electron chi connectivity index (χ1n) is 11.0. The lowest BCUT2D eigenvalue weighted by atomic mass is 10.1. The number of nitrogens with one attached hydrogen (secondary N) is 1. The average Bonchev–Trinajstić information content (AvgIpc) is 3.61. The Bertz CT molecular complexity index is 1280. The fraction of sp³-hybridized carbons (Fsp3) is 0.348. The van der Waals surface area contributed by atoms with Gasteiger partial charge in [0.2, 0.25) is 0 Å². The molecule has 1 aromatic carbocycles. The SMILES string of the molecule is CCc1nc2ccc(N3C[C@@H]4CC3CN4)nn2c1[C@@H](N)c1nc(-c2ccc(F)cc2)cs1. The zero-order valence-corrected chi connectivity index (χ0v) is 18.5. The van der Waals surface area contributed by atoms with Gasteiger partial charge in [-0.05, 0) is 49.2 Å². The van der Waals surface area contributed by atoms with Crippen molar-refractivity contribution < 1.29 is 4.39 Å². The Hall–Kier alpha value is -2.88. The molecule has 2 aliphatic rings. The first-order valence-corrected chi connectivity index (χ1v) is 11.8. The molecule has 0 radical (unpaired) electrons. The number of halogens is 1. The van der Waals surface area contributed by atoms with E-state index in [4.69, 9.17) is 20.8 Å². The van der Waals surface area contributed by atoms with Gasteiger partial charge in [-0.3, -0.25) is 0 Å². The molecule has 0 amide bonds. The molecule has 2 aliphatic heterocycles. The van der Waals surface area contributed by atoms with Crippen molar-refractivity contribution in [1.29, 1.82) is 0 Å². The number of aryl methyl sites for hydroxylation is 1. The van der Waals surface area contributed by atoms with E-state index in [0.717, 1.165) is 58.6 Å². The normalized spacial score (nSPS) is 21.0. The van der Waals surface area contributed by atoms with E-state index in [1.54, 1.807) is 12.1 Å². The zero-order valence-electron chi connectivity index (χ0n) is 17.7. The minimum Gasteiger partial charge on any atom is -0.349 e. The van der Waals surface area contributed by atoms with Crippen LogP contribution in [0.15, 0.2) is 41.8 Å². The number of imidazole rings is 1. The first-order chi connectivity index (χ1) is 15.6. The van der Waals surface area contributed by atoms with Gasteiger partial charge in [-0.2, -0.15) is 0 Å². The van der Waals surface area contributed by atoms with Crippen molar-refractivity contribution >= 4 is 22.8 Å². The van der Waals surface area contributed by atoms with Crippen LogP contribution in [0.25, 0.3) is 16.9 Å². The lowest BCUT2D eigenvalue weighted by molar-refractivity contribution is 0.572. The molecule has 3 aromatic heterocycles.